The zero-order valence-corrected chi connectivity index (χ0v) is 15.1. The van der Waals surface area contributed by atoms with Crippen LogP contribution in [0.5, 0.6) is 11.5 Å². The molecule has 3 heteroatoms. The summed E-state index contributed by atoms with van der Waals surface area (Å²) >= 11 is 0. The molecule has 0 aliphatic carbocycles. The van der Waals surface area contributed by atoms with E-state index in [1.165, 1.54) is 30.2 Å². The van der Waals surface area contributed by atoms with Gasteiger partial charge in [0.2, 0.25) is 0 Å². The van der Waals surface area contributed by atoms with E-state index in [9.17, 15) is 10.2 Å². The fourth-order valence-corrected chi connectivity index (χ4v) is 3.10. The highest BCUT2D eigenvalue weighted by Gasteiger charge is 2.15. The van der Waals surface area contributed by atoms with E-state index in [1.807, 2.05) is 12.2 Å². The van der Waals surface area contributed by atoms with Crippen molar-refractivity contribution >= 4 is 17.8 Å². The molecule has 134 valence electrons. The van der Waals surface area contributed by atoms with Crippen molar-refractivity contribution in [2.24, 2.45) is 0 Å². The number of allylic oxidation sites excluding steroid dienone is 3. The Kier molecular flexibility index (Phi) is 5.80. The monoisotopic (exact) mass is 347 g/mol. The number of benzene rings is 2. The van der Waals surface area contributed by atoms with Crippen molar-refractivity contribution in [3.63, 3.8) is 0 Å². The molecule has 2 N–H and O–H groups in total. The number of hydrogen-bond donors (Lipinski definition) is 2. The Morgan fingerprint density at radius 3 is 2.62 bits per heavy atom. The molecule has 0 bridgehead atoms. The van der Waals surface area contributed by atoms with E-state index in [0.29, 0.717) is 0 Å². The highest BCUT2D eigenvalue weighted by molar-refractivity contribution is 5.76. The summed E-state index contributed by atoms with van der Waals surface area (Å²) in [5.41, 5.74) is 4.48. The van der Waals surface area contributed by atoms with Gasteiger partial charge in [-0.05, 0) is 47.9 Å². The second-order valence-corrected chi connectivity index (χ2v) is 6.45. The smallest absolute Gasteiger partial charge is 0.157 e. The van der Waals surface area contributed by atoms with Crippen LogP contribution < -0.4 is 4.90 Å². The maximum absolute atomic E-state index is 9.60. The van der Waals surface area contributed by atoms with E-state index in [2.05, 4.69) is 54.3 Å². The number of phenolic OH excluding ortho intramolecular Hbond substituents is 2. The second kappa shape index (κ2) is 8.43. The first-order valence-electron chi connectivity index (χ1n) is 9.14. The summed E-state index contributed by atoms with van der Waals surface area (Å²) in [5, 5.41) is 19.0. The number of fused-ring (bicyclic) bond motifs is 1. The number of hydrogen-bond acceptors (Lipinski definition) is 3. The number of phenols is 2. The van der Waals surface area contributed by atoms with Gasteiger partial charge in [-0.3, -0.25) is 0 Å². The summed E-state index contributed by atoms with van der Waals surface area (Å²) in [6, 6.07) is 13.3. The molecular weight excluding hydrogens is 322 g/mol. The Morgan fingerprint density at radius 1 is 0.962 bits per heavy atom. The van der Waals surface area contributed by atoms with Gasteiger partial charge in [0.1, 0.15) is 0 Å². The van der Waals surface area contributed by atoms with Crippen molar-refractivity contribution < 1.29 is 10.2 Å². The maximum atomic E-state index is 9.60. The van der Waals surface area contributed by atoms with E-state index in [4.69, 9.17) is 0 Å². The number of nitrogens with zero attached hydrogens (tertiary/aromatic N) is 1. The molecule has 0 radical (unpaired) electrons. The lowest BCUT2D eigenvalue weighted by atomic mass is 10.0. The van der Waals surface area contributed by atoms with Crippen LogP contribution in [0.25, 0.3) is 12.2 Å². The SMILES string of the molecule is CCCCCN1/C(=C/C=C/c2ccc(O)c(O)c2)C=Cc2ccccc21. The predicted octanol–water partition coefficient (Wildman–Crippen LogP) is 5.72. The van der Waals surface area contributed by atoms with E-state index >= 15 is 0 Å². The van der Waals surface area contributed by atoms with E-state index < -0.39 is 0 Å². The molecule has 2 aromatic carbocycles. The number of anilines is 1. The summed E-state index contributed by atoms with van der Waals surface area (Å²) in [7, 11) is 0. The fraction of sp³-hybridized carbons (Fsp3) is 0.217. The van der Waals surface area contributed by atoms with Gasteiger partial charge in [-0.1, -0.05) is 62.3 Å². The third kappa shape index (κ3) is 4.17. The number of aromatic hydroxyl groups is 2. The zero-order valence-electron chi connectivity index (χ0n) is 15.1. The normalized spacial score (nSPS) is 15.0. The van der Waals surface area contributed by atoms with Gasteiger partial charge in [0, 0.05) is 17.9 Å². The lowest BCUT2D eigenvalue weighted by Gasteiger charge is -2.30. The van der Waals surface area contributed by atoms with E-state index in [1.54, 1.807) is 12.1 Å². The molecule has 0 saturated carbocycles. The standard InChI is InChI=1S/C23H25NO2/c1-2-3-6-16-24-20(14-13-19-9-4-5-11-21(19)24)10-7-8-18-12-15-22(25)23(26)17-18/h4-5,7-15,17,25-26H,2-3,6,16H2,1H3/b8-7+,20-10+. The first-order chi connectivity index (χ1) is 12.7. The third-order valence-corrected chi connectivity index (χ3v) is 4.51. The highest BCUT2D eigenvalue weighted by atomic mass is 16.3. The first-order valence-corrected chi connectivity index (χ1v) is 9.14. The van der Waals surface area contributed by atoms with Crippen molar-refractivity contribution in [1.29, 1.82) is 0 Å². The Bertz CT molecular complexity index is 849. The molecule has 0 aromatic heterocycles. The fourth-order valence-electron chi connectivity index (χ4n) is 3.10. The van der Waals surface area contributed by atoms with E-state index in [0.717, 1.165) is 24.2 Å². The Balaban J connectivity index is 1.83. The van der Waals surface area contributed by atoms with Gasteiger partial charge >= 0.3 is 0 Å². The Labute approximate surface area is 155 Å². The average molecular weight is 347 g/mol. The molecule has 3 nitrogen and oxygen atoms in total. The van der Waals surface area contributed by atoms with E-state index in [-0.39, 0.29) is 11.5 Å². The number of rotatable bonds is 6. The van der Waals surface area contributed by atoms with Crippen LogP contribution in [0.3, 0.4) is 0 Å². The minimum absolute atomic E-state index is 0.102. The summed E-state index contributed by atoms with van der Waals surface area (Å²) < 4.78 is 0. The van der Waals surface area contributed by atoms with Crippen LogP contribution in [-0.2, 0) is 0 Å². The van der Waals surface area contributed by atoms with Crippen LogP contribution in [0, 0.1) is 0 Å². The van der Waals surface area contributed by atoms with Crippen molar-refractivity contribution in [1.82, 2.24) is 0 Å². The van der Waals surface area contributed by atoms with Gasteiger partial charge in [0.15, 0.2) is 11.5 Å². The minimum Gasteiger partial charge on any atom is -0.504 e. The molecule has 3 rings (SSSR count). The summed E-state index contributed by atoms with van der Waals surface area (Å²) in [6.45, 7) is 3.21. The average Bonchev–Trinajstić information content (AvgIpc) is 2.66. The van der Waals surface area contributed by atoms with Gasteiger partial charge in [-0.25, -0.2) is 0 Å². The lowest BCUT2D eigenvalue weighted by molar-refractivity contribution is 0.403. The van der Waals surface area contributed by atoms with Gasteiger partial charge in [-0.2, -0.15) is 0 Å². The molecular formula is C23H25NO2. The molecule has 0 spiro atoms. The molecule has 0 unspecified atom stereocenters. The van der Waals surface area contributed by atoms with Gasteiger partial charge in [0.05, 0.1) is 0 Å². The van der Waals surface area contributed by atoms with Crippen LogP contribution in [0.1, 0.15) is 37.3 Å². The van der Waals surface area contributed by atoms with Crippen LogP contribution in [0.4, 0.5) is 5.69 Å². The largest absolute Gasteiger partial charge is 0.504 e. The molecule has 1 heterocycles. The van der Waals surface area contributed by atoms with Gasteiger partial charge < -0.3 is 15.1 Å². The first kappa shape index (κ1) is 17.9. The predicted molar refractivity (Wildman–Crippen MR) is 109 cm³/mol. The maximum Gasteiger partial charge on any atom is 0.157 e. The quantitative estimate of drug-likeness (QED) is 0.519. The van der Waals surface area contributed by atoms with Gasteiger partial charge in [-0.15, -0.1) is 0 Å². The number of para-hydroxylation sites is 1. The summed E-state index contributed by atoms with van der Waals surface area (Å²) in [4.78, 5) is 2.36. The molecule has 0 amide bonds. The molecule has 0 atom stereocenters. The molecule has 0 saturated heterocycles. The van der Waals surface area contributed by atoms with Crippen molar-refractivity contribution in [3.8, 4) is 11.5 Å². The van der Waals surface area contributed by atoms with Crippen LogP contribution in [0.2, 0.25) is 0 Å². The van der Waals surface area contributed by atoms with Crippen molar-refractivity contribution in [2.45, 2.75) is 26.2 Å². The lowest BCUT2D eigenvalue weighted by Crippen LogP contribution is -2.25. The molecule has 26 heavy (non-hydrogen) atoms. The highest BCUT2D eigenvalue weighted by Crippen LogP contribution is 2.31. The topological polar surface area (TPSA) is 43.7 Å². The summed E-state index contributed by atoms with van der Waals surface area (Å²) in [5.74, 6) is -0.207. The Hall–Kier alpha value is -2.94. The van der Waals surface area contributed by atoms with Gasteiger partial charge in [0.25, 0.3) is 0 Å². The molecule has 2 aromatic rings. The second-order valence-electron chi connectivity index (χ2n) is 6.45. The van der Waals surface area contributed by atoms with Crippen molar-refractivity contribution in [2.75, 3.05) is 11.4 Å². The third-order valence-electron chi connectivity index (χ3n) is 4.51. The molecule has 1 aliphatic heterocycles. The van der Waals surface area contributed by atoms with Crippen LogP contribution >= 0.6 is 0 Å². The molecule has 1 aliphatic rings. The minimum atomic E-state index is -0.104. The number of unbranched alkanes of at least 4 members (excludes halogenated alkanes) is 2. The Morgan fingerprint density at radius 2 is 1.81 bits per heavy atom. The van der Waals surface area contributed by atoms with Crippen LogP contribution in [-0.4, -0.2) is 16.8 Å². The molecule has 0 fully saturated rings. The zero-order chi connectivity index (χ0) is 18.4. The summed E-state index contributed by atoms with van der Waals surface area (Å²) in [6.07, 6.45) is 13.9. The van der Waals surface area contributed by atoms with Crippen molar-refractivity contribution in [3.05, 3.63) is 77.5 Å². The van der Waals surface area contributed by atoms with Crippen LogP contribution in [0.15, 0.2) is 66.4 Å².